The summed E-state index contributed by atoms with van der Waals surface area (Å²) < 4.78 is 16.9. The first-order chi connectivity index (χ1) is 18.2. The number of ether oxygens (including phenoxy) is 3. The van der Waals surface area contributed by atoms with Crippen molar-refractivity contribution in [2.75, 3.05) is 34.0 Å². The molecule has 0 bridgehead atoms. The molecular weight excluding hydrogens is 498 g/mol. The minimum Gasteiger partial charge on any atom is -0.493 e. The molecule has 0 fully saturated rings. The van der Waals surface area contributed by atoms with Crippen LogP contribution in [0.4, 0.5) is 0 Å². The summed E-state index contributed by atoms with van der Waals surface area (Å²) >= 11 is 0. The van der Waals surface area contributed by atoms with Gasteiger partial charge in [0, 0.05) is 45.8 Å². The van der Waals surface area contributed by atoms with Crippen LogP contribution in [0.25, 0.3) is 0 Å². The van der Waals surface area contributed by atoms with Crippen molar-refractivity contribution < 1.29 is 28.9 Å². The number of hydrogen-bond donors (Lipinski definition) is 4. The van der Waals surface area contributed by atoms with E-state index in [-0.39, 0.29) is 42.7 Å². The molecule has 224 valence electrons. The van der Waals surface area contributed by atoms with Crippen molar-refractivity contribution in [3.8, 4) is 5.75 Å². The average molecular weight is 552 g/mol. The number of rotatable bonds is 19. The second-order valence-electron chi connectivity index (χ2n) is 11.9. The lowest BCUT2D eigenvalue weighted by Crippen LogP contribution is -2.46. The van der Waals surface area contributed by atoms with Crippen LogP contribution in [0.5, 0.6) is 5.75 Å². The van der Waals surface area contributed by atoms with Crippen molar-refractivity contribution in [3.05, 3.63) is 29.8 Å². The number of primary amides is 1. The van der Waals surface area contributed by atoms with E-state index in [1.165, 1.54) is 0 Å². The van der Waals surface area contributed by atoms with Gasteiger partial charge in [0.15, 0.2) is 0 Å². The van der Waals surface area contributed by atoms with Gasteiger partial charge in [0.2, 0.25) is 11.8 Å². The van der Waals surface area contributed by atoms with Crippen molar-refractivity contribution in [1.29, 1.82) is 0 Å². The predicted octanol–water partition coefficient (Wildman–Crippen LogP) is 3.43. The SMILES string of the molecule is COCCCOc1cccc(C(OC)[C@@H](C[C@H](N)[C@@H](O)C[C@H](C(=O)NCC(C)(C)C(N)=O)C(C)C)C(C)C)c1. The molecule has 1 aromatic rings. The summed E-state index contributed by atoms with van der Waals surface area (Å²) in [6.07, 6.45) is 0.396. The van der Waals surface area contributed by atoms with E-state index in [0.29, 0.717) is 19.6 Å². The summed E-state index contributed by atoms with van der Waals surface area (Å²) in [6, 6.07) is 7.32. The van der Waals surface area contributed by atoms with Gasteiger partial charge in [-0.1, -0.05) is 39.8 Å². The van der Waals surface area contributed by atoms with Crippen LogP contribution in [0.2, 0.25) is 0 Å². The zero-order valence-electron chi connectivity index (χ0n) is 25.2. The van der Waals surface area contributed by atoms with E-state index in [1.54, 1.807) is 28.1 Å². The highest BCUT2D eigenvalue weighted by Gasteiger charge is 2.34. The molecule has 9 heteroatoms. The minimum atomic E-state index is -0.887. The molecule has 0 aliphatic rings. The van der Waals surface area contributed by atoms with E-state index in [2.05, 4.69) is 19.2 Å². The Morgan fingerprint density at radius 3 is 2.26 bits per heavy atom. The van der Waals surface area contributed by atoms with Gasteiger partial charge < -0.3 is 36.1 Å². The molecule has 0 radical (unpaired) electrons. The van der Waals surface area contributed by atoms with Gasteiger partial charge in [-0.2, -0.15) is 0 Å². The van der Waals surface area contributed by atoms with E-state index in [1.807, 2.05) is 38.1 Å². The zero-order chi connectivity index (χ0) is 29.8. The lowest BCUT2D eigenvalue weighted by atomic mass is 9.79. The van der Waals surface area contributed by atoms with Gasteiger partial charge >= 0.3 is 0 Å². The number of aliphatic hydroxyl groups is 1. The van der Waals surface area contributed by atoms with E-state index in [9.17, 15) is 14.7 Å². The number of methoxy groups -OCH3 is 2. The van der Waals surface area contributed by atoms with Crippen molar-refractivity contribution in [2.45, 2.75) is 79.1 Å². The normalized spacial score (nSPS) is 16.0. The minimum absolute atomic E-state index is 0.0195. The number of carbonyl (C=O) groups excluding carboxylic acids is 2. The fraction of sp³-hybridized carbons (Fsp3) is 0.733. The molecule has 0 aliphatic carbocycles. The van der Waals surface area contributed by atoms with Gasteiger partial charge in [0.1, 0.15) is 5.75 Å². The standard InChI is InChI=1S/C30H53N3O6/c1-19(2)23(27(38-8)21-11-9-12-22(15-21)39-14-10-13-37-7)16-25(31)26(34)17-24(20(3)4)28(35)33-18-30(5,6)29(32)36/h9,11-12,15,19-20,23-27,34H,10,13-14,16-18,31H2,1-8H3,(H2,32,36)(H,33,35)/t23-,24-,25-,26-,27?/m0/s1. The van der Waals surface area contributed by atoms with Crippen LogP contribution in [0, 0.1) is 29.1 Å². The van der Waals surface area contributed by atoms with Crippen LogP contribution in [0.3, 0.4) is 0 Å². The molecule has 9 nitrogen and oxygen atoms in total. The molecule has 6 N–H and O–H groups in total. The molecule has 1 rings (SSSR count). The van der Waals surface area contributed by atoms with Crippen LogP contribution < -0.4 is 21.5 Å². The first-order valence-electron chi connectivity index (χ1n) is 14.0. The van der Waals surface area contributed by atoms with Crippen molar-refractivity contribution in [2.24, 2.45) is 40.6 Å². The second-order valence-corrected chi connectivity index (χ2v) is 11.9. The average Bonchev–Trinajstić information content (AvgIpc) is 2.87. The largest absolute Gasteiger partial charge is 0.493 e. The Hall–Kier alpha value is -2.20. The summed E-state index contributed by atoms with van der Waals surface area (Å²) in [4.78, 5) is 24.6. The van der Waals surface area contributed by atoms with Gasteiger partial charge in [-0.25, -0.2) is 0 Å². The summed E-state index contributed by atoms with van der Waals surface area (Å²) in [5.41, 5.74) is 12.1. The van der Waals surface area contributed by atoms with Crippen LogP contribution >= 0.6 is 0 Å². The molecule has 0 spiro atoms. The van der Waals surface area contributed by atoms with E-state index < -0.39 is 29.4 Å². The molecule has 0 aromatic heterocycles. The Morgan fingerprint density at radius 2 is 1.72 bits per heavy atom. The fourth-order valence-electron chi connectivity index (χ4n) is 4.59. The van der Waals surface area contributed by atoms with E-state index in [4.69, 9.17) is 25.7 Å². The quantitative estimate of drug-likeness (QED) is 0.193. The number of nitrogens with one attached hydrogen (secondary N) is 1. The third kappa shape index (κ3) is 11.4. The summed E-state index contributed by atoms with van der Waals surface area (Å²) in [5.74, 6) is -0.182. The first kappa shape index (κ1) is 34.8. The van der Waals surface area contributed by atoms with Crippen LogP contribution in [-0.2, 0) is 19.1 Å². The van der Waals surface area contributed by atoms with E-state index in [0.717, 1.165) is 17.7 Å². The van der Waals surface area contributed by atoms with Crippen molar-refractivity contribution >= 4 is 11.8 Å². The van der Waals surface area contributed by atoms with Crippen LogP contribution in [0.1, 0.15) is 72.5 Å². The summed E-state index contributed by atoms with van der Waals surface area (Å²) in [5, 5.41) is 13.9. The predicted molar refractivity (Wildman–Crippen MR) is 154 cm³/mol. The number of benzene rings is 1. The number of aliphatic hydroxyl groups excluding tert-OH is 1. The fourth-order valence-corrected chi connectivity index (χ4v) is 4.59. The highest BCUT2D eigenvalue weighted by atomic mass is 16.5. The molecule has 0 saturated carbocycles. The third-order valence-corrected chi connectivity index (χ3v) is 7.49. The first-order valence-corrected chi connectivity index (χ1v) is 14.0. The molecular formula is C30H53N3O6. The molecule has 0 saturated heterocycles. The lowest BCUT2D eigenvalue weighted by molar-refractivity contribution is -0.130. The Balaban J connectivity index is 2.94. The van der Waals surface area contributed by atoms with Gasteiger partial charge in [-0.3, -0.25) is 9.59 Å². The Labute approximate surface area is 235 Å². The molecule has 1 aromatic carbocycles. The maximum Gasteiger partial charge on any atom is 0.224 e. The number of amides is 2. The smallest absolute Gasteiger partial charge is 0.224 e. The van der Waals surface area contributed by atoms with Crippen LogP contribution in [-0.4, -0.2) is 63.0 Å². The number of hydrogen-bond acceptors (Lipinski definition) is 7. The molecule has 39 heavy (non-hydrogen) atoms. The molecule has 0 heterocycles. The highest BCUT2D eigenvalue weighted by Crippen LogP contribution is 2.36. The Morgan fingerprint density at radius 1 is 1.05 bits per heavy atom. The van der Waals surface area contributed by atoms with Gasteiger partial charge in [-0.05, 0) is 62.1 Å². The molecule has 1 unspecified atom stereocenters. The highest BCUT2D eigenvalue weighted by molar-refractivity contribution is 5.83. The van der Waals surface area contributed by atoms with Crippen molar-refractivity contribution in [3.63, 3.8) is 0 Å². The maximum absolute atomic E-state index is 13.0. The van der Waals surface area contributed by atoms with Crippen molar-refractivity contribution in [1.82, 2.24) is 5.32 Å². The number of nitrogens with two attached hydrogens (primary N) is 2. The number of carbonyl (C=O) groups is 2. The van der Waals surface area contributed by atoms with Gasteiger partial charge in [0.25, 0.3) is 0 Å². The Kier molecular flexibility index (Phi) is 15.0. The Bertz CT molecular complexity index is 876. The van der Waals surface area contributed by atoms with Gasteiger partial charge in [0.05, 0.1) is 24.2 Å². The summed E-state index contributed by atoms with van der Waals surface area (Å²) in [7, 11) is 3.35. The zero-order valence-corrected chi connectivity index (χ0v) is 25.2. The third-order valence-electron chi connectivity index (χ3n) is 7.49. The topological polar surface area (TPSA) is 146 Å². The monoisotopic (exact) mass is 551 g/mol. The molecule has 5 atom stereocenters. The second kappa shape index (κ2) is 16.8. The van der Waals surface area contributed by atoms with E-state index >= 15 is 0 Å². The lowest BCUT2D eigenvalue weighted by Gasteiger charge is -2.34. The van der Waals surface area contributed by atoms with Gasteiger partial charge in [-0.15, -0.1) is 0 Å². The molecule has 2 amide bonds. The maximum atomic E-state index is 13.0. The van der Waals surface area contributed by atoms with Crippen LogP contribution in [0.15, 0.2) is 24.3 Å². The summed E-state index contributed by atoms with van der Waals surface area (Å²) in [6.45, 7) is 12.8. The molecule has 0 aliphatic heterocycles.